The molecule has 0 radical (unpaired) electrons. The van der Waals surface area contributed by atoms with Crippen molar-refractivity contribution in [1.29, 1.82) is 0 Å². The zero-order chi connectivity index (χ0) is 12.3. The lowest BCUT2D eigenvalue weighted by Crippen LogP contribution is -2.29. The van der Waals surface area contributed by atoms with Gasteiger partial charge in [-0.2, -0.15) is 0 Å². The lowest BCUT2D eigenvalue weighted by Gasteiger charge is -2.27. The maximum absolute atomic E-state index is 14.0. The minimum absolute atomic E-state index is 0.120. The van der Waals surface area contributed by atoms with Crippen molar-refractivity contribution in [3.05, 3.63) is 29.6 Å². The average Bonchev–Trinajstić information content (AvgIpc) is 2.82. The molecule has 1 aliphatic rings. The van der Waals surface area contributed by atoms with E-state index in [-0.39, 0.29) is 5.82 Å². The molecule has 0 aliphatic heterocycles. The lowest BCUT2D eigenvalue weighted by molar-refractivity contribution is 0.594. The van der Waals surface area contributed by atoms with Gasteiger partial charge in [-0.3, -0.25) is 0 Å². The highest BCUT2D eigenvalue weighted by atomic mass is 19.1. The fraction of sp³-hybridized carbons (Fsp3) is 0.571. The van der Waals surface area contributed by atoms with Gasteiger partial charge >= 0.3 is 0 Å². The fourth-order valence-electron chi connectivity index (χ4n) is 2.65. The van der Waals surface area contributed by atoms with E-state index < -0.39 is 0 Å². The number of halogens is 1. The van der Waals surface area contributed by atoms with Crippen LogP contribution < -0.4 is 10.6 Å². The van der Waals surface area contributed by atoms with Crippen LogP contribution in [0.5, 0.6) is 0 Å². The van der Waals surface area contributed by atoms with Crippen molar-refractivity contribution in [3.63, 3.8) is 0 Å². The highest BCUT2D eigenvalue weighted by Crippen LogP contribution is 2.28. The summed E-state index contributed by atoms with van der Waals surface area (Å²) in [6.07, 6.45) is 5.63. The Balaban J connectivity index is 2.14. The van der Waals surface area contributed by atoms with Crippen molar-refractivity contribution >= 4 is 5.69 Å². The summed E-state index contributed by atoms with van der Waals surface area (Å²) in [7, 11) is 2.00. The van der Waals surface area contributed by atoms with E-state index in [1.807, 2.05) is 19.2 Å². The first-order valence-electron chi connectivity index (χ1n) is 6.43. The highest BCUT2D eigenvalue weighted by molar-refractivity contribution is 5.49. The minimum Gasteiger partial charge on any atom is -0.369 e. The van der Waals surface area contributed by atoms with Gasteiger partial charge in [0.15, 0.2) is 0 Å². The Labute approximate surface area is 103 Å². The number of anilines is 1. The Hall–Kier alpha value is -1.09. The van der Waals surface area contributed by atoms with Crippen molar-refractivity contribution in [1.82, 2.24) is 0 Å². The maximum atomic E-state index is 14.0. The molecule has 0 bridgehead atoms. The Kier molecular flexibility index (Phi) is 4.00. The van der Waals surface area contributed by atoms with Crippen LogP contribution in [-0.4, -0.2) is 19.6 Å². The Morgan fingerprint density at radius 3 is 2.65 bits per heavy atom. The molecule has 0 spiro atoms. The molecule has 1 aliphatic carbocycles. The standard InChI is InChI=1S/C14H21FN2/c1-17(12-4-2-3-5-12)14-7-6-11(8-9-16)10-13(14)15/h6-7,10,12H,2-5,8-9,16H2,1H3. The van der Waals surface area contributed by atoms with Crippen molar-refractivity contribution in [2.75, 3.05) is 18.5 Å². The summed E-state index contributed by atoms with van der Waals surface area (Å²) in [5, 5.41) is 0. The van der Waals surface area contributed by atoms with Gasteiger partial charge < -0.3 is 10.6 Å². The van der Waals surface area contributed by atoms with Gasteiger partial charge in [-0.05, 0) is 43.5 Å². The lowest BCUT2D eigenvalue weighted by atomic mass is 10.1. The number of rotatable bonds is 4. The zero-order valence-corrected chi connectivity index (χ0v) is 10.5. The molecule has 3 heteroatoms. The maximum Gasteiger partial charge on any atom is 0.146 e. The van der Waals surface area contributed by atoms with Crippen molar-refractivity contribution < 1.29 is 4.39 Å². The molecule has 17 heavy (non-hydrogen) atoms. The molecule has 0 saturated heterocycles. The normalized spacial score (nSPS) is 16.4. The molecular weight excluding hydrogens is 215 g/mol. The number of hydrogen-bond donors (Lipinski definition) is 1. The molecule has 1 fully saturated rings. The number of nitrogens with two attached hydrogens (primary N) is 1. The van der Waals surface area contributed by atoms with Gasteiger partial charge in [-0.15, -0.1) is 0 Å². The summed E-state index contributed by atoms with van der Waals surface area (Å²) >= 11 is 0. The van der Waals surface area contributed by atoms with Crippen LogP contribution >= 0.6 is 0 Å². The molecule has 2 N–H and O–H groups in total. The molecule has 0 aromatic heterocycles. The summed E-state index contributed by atoms with van der Waals surface area (Å²) in [5.41, 5.74) is 7.18. The molecular formula is C14H21FN2. The molecule has 1 aromatic rings. The molecule has 0 atom stereocenters. The first-order chi connectivity index (χ1) is 8.22. The predicted octanol–water partition coefficient (Wildman–Crippen LogP) is 2.71. The van der Waals surface area contributed by atoms with E-state index in [1.54, 1.807) is 6.07 Å². The van der Waals surface area contributed by atoms with Crippen LogP contribution in [0.2, 0.25) is 0 Å². The second-order valence-corrected chi connectivity index (χ2v) is 4.87. The molecule has 0 unspecified atom stereocenters. The first kappa shape index (κ1) is 12.4. The van der Waals surface area contributed by atoms with Crippen LogP contribution in [0.4, 0.5) is 10.1 Å². The molecule has 1 aromatic carbocycles. The Morgan fingerprint density at radius 2 is 2.06 bits per heavy atom. The smallest absolute Gasteiger partial charge is 0.146 e. The van der Waals surface area contributed by atoms with Gasteiger partial charge in [0.1, 0.15) is 5.82 Å². The van der Waals surface area contributed by atoms with E-state index in [4.69, 9.17) is 5.73 Å². The van der Waals surface area contributed by atoms with E-state index in [0.29, 0.717) is 12.6 Å². The number of nitrogens with zero attached hydrogens (tertiary/aromatic N) is 1. The van der Waals surface area contributed by atoms with Crippen LogP contribution in [0.3, 0.4) is 0 Å². The average molecular weight is 236 g/mol. The van der Waals surface area contributed by atoms with Gasteiger partial charge in [-0.25, -0.2) is 4.39 Å². The fourth-order valence-corrected chi connectivity index (χ4v) is 2.65. The third-order valence-corrected chi connectivity index (χ3v) is 3.70. The molecule has 2 rings (SSSR count). The van der Waals surface area contributed by atoms with E-state index >= 15 is 0 Å². The van der Waals surface area contributed by atoms with E-state index in [0.717, 1.165) is 17.7 Å². The topological polar surface area (TPSA) is 29.3 Å². The van der Waals surface area contributed by atoms with Crippen LogP contribution in [0.25, 0.3) is 0 Å². The summed E-state index contributed by atoms with van der Waals surface area (Å²) in [4.78, 5) is 2.09. The monoisotopic (exact) mass is 236 g/mol. The zero-order valence-electron chi connectivity index (χ0n) is 10.5. The van der Waals surface area contributed by atoms with Crippen LogP contribution in [0.1, 0.15) is 31.2 Å². The molecule has 2 nitrogen and oxygen atoms in total. The van der Waals surface area contributed by atoms with Gasteiger partial charge in [0, 0.05) is 13.1 Å². The molecule has 0 heterocycles. The Morgan fingerprint density at radius 1 is 1.35 bits per heavy atom. The van der Waals surface area contributed by atoms with Gasteiger partial charge in [0.2, 0.25) is 0 Å². The second kappa shape index (κ2) is 5.50. The SMILES string of the molecule is CN(c1ccc(CCN)cc1F)C1CCCC1. The summed E-state index contributed by atoms with van der Waals surface area (Å²) in [6, 6.07) is 5.99. The Bertz CT molecular complexity index is 372. The number of benzene rings is 1. The van der Waals surface area contributed by atoms with Crippen LogP contribution in [0, 0.1) is 5.82 Å². The van der Waals surface area contributed by atoms with Crippen LogP contribution in [-0.2, 0) is 6.42 Å². The van der Waals surface area contributed by atoms with Crippen LogP contribution in [0.15, 0.2) is 18.2 Å². The first-order valence-corrected chi connectivity index (χ1v) is 6.43. The summed E-state index contributed by atoms with van der Waals surface area (Å²) < 4.78 is 14.0. The number of hydrogen-bond acceptors (Lipinski definition) is 2. The third-order valence-electron chi connectivity index (χ3n) is 3.70. The summed E-state index contributed by atoms with van der Waals surface area (Å²) in [6.45, 7) is 0.567. The third kappa shape index (κ3) is 2.78. The van der Waals surface area contributed by atoms with E-state index in [9.17, 15) is 4.39 Å². The van der Waals surface area contributed by atoms with Crippen molar-refractivity contribution in [2.45, 2.75) is 38.1 Å². The van der Waals surface area contributed by atoms with Gasteiger partial charge in [-0.1, -0.05) is 18.9 Å². The molecule has 94 valence electrons. The predicted molar refractivity (Wildman–Crippen MR) is 69.8 cm³/mol. The van der Waals surface area contributed by atoms with E-state index in [2.05, 4.69) is 4.90 Å². The highest BCUT2D eigenvalue weighted by Gasteiger charge is 2.21. The van der Waals surface area contributed by atoms with Crippen molar-refractivity contribution in [2.24, 2.45) is 5.73 Å². The van der Waals surface area contributed by atoms with Crippen molar-refractivity contribution in [3.8, 4) is 0 Å². The summed E-state index contributed by atoms with van der Waals surface area (Å²) in [5.74, 6) is -0.120. The molecule has 0 amide bonds. The largest absolute Gasteiger partial charge is 0.369 e. The quantitative estimate of drug-likeness (QED) is 0.871. The van der Waals surface area contributed by atoms with E-state index in [1.165, 1.54) is 25.7 Å². The second-order valence-electron chi connectivity index (χ2n) is 4.87. The molecule has 1 saturated carbocycles. The minimum atomic E-state index is -0.120. The van der Waals surface area contributed by atoms with Gasteiger partial charge in [0.05, 0.1) is 5.69 Å². The van der Waals surface area contributed by atoms with Gasteiger partial charge in [0.25, 0.3) is 0 Å².